The Labute approximate surface area is 212 Å². The topological polar surface area (TPSA) is 105 Å². The lowest BCUT2D eigenvalue weighted by atomic mass is 9.73. The highest BCUT2D eigenvalue weighted by molar-refractivity contribution is 5.47. The van der Waals surface area contributed by atoms with E-state index in [1.54, 1.807) is 13.1 Å². The van der Waals surface area contributed by atoms with Crippen molar-refractivity contribution >= 4 is 5.82 Å². The fourth-order valence-corrected chi connectivity index (χ4v) is 5.41. The number of benzene rings is 2. The first-order valence-corrected chi connectivity index (χ1v) is 12.4. The molecule has 4 N–H and O–H groups in total. The lowest BCUT2D eigenvalue weighted by Crippen LogP contribution is -2.45. The highest BCUT2D eigenvalue weighted by atomic mass is 16.5. The van der Waals surface area contributed by atoms with Gasteiger partial charge in [0.25, 0.3) is 0 Å². The number of aliphatic hydroxyl groups is 2. The van der Waals surface area contributed by atoms with Crippen molar-refractivity contribution in [3.05, 3.63) is 82.8 Å². The Balaban J connectivity index is 1.20. The minimum atomic E-state index is -0.510. The van der Waals surface area contributed by atoms with Crippen LogP contribution in [0.4, 0.5) is 5.82 Å². The predicted octanol–water partition coefficient (Wildman–Crippen LogP) is 3.30. The van der Waals surface area contributed by atoms with Gasteiger partial charge >= 0.3 is 0 Å². The van der Waals surface area contributed by atoms with Gasteiger partial charge < -0.3 is 25.6 Å². The zero-order valence-electron chi connectivity index (χ0n) is 20.5. The summed E-state index contributed by atoms with van der Waals surface area (Å²) in [6, 6.07) is 15.9. The molecule has 1 fully saturated rings. The molecule has 7 nitrogen and oxygen atoms in total. The van der Waals surface area contributed by atoms with Crippen molar-refractivity contribution in [2.75, 3.05) is 24.6 Å². The summed E-state index contributed by atoms with van der Waals surface area (Å²) in [6.45, 7) is 3.38. The molecule has 1 aromatic heterocycles. The van der Waals surface area contributed by atoms with Crippen LogP contribution in [0.15, 0.2) is 54.7 Å². The minimum absolute atomic E-state index is 0.0651. The Morgan fingerprint density at radius 1 is 1.17 bits per heavy atom. The Hall–Kier alpha value is -3.44. The molecule has 36 heavy (non-hydrogen) atoms. The number of aliphatic hydroxyl groups excluding tert-OH is 2. The van der Waals surface area contributed by atoms with E-state index in [0.29, 0.717) is 17.1 Å². The maximum Gasteiger partial charge on any atom is 0.152 e. The predicted molar refractivity (Wildman–Crippen MR) is 138 cm³/mol. The van der Waals surface area contributed by atoms with Gasteiger partial charge in [-0.1, -0.05) is 42.3 Å². The zero-order chi connectivity index (χ0) is 25.1. The van der Waals surface area contributed by atoms with Crippen LogP contribution in [-0.2, 0) is 13.0 Å². The highest BCUT2D eigenvalue weighted by Gasteiger charge is 2.46. The largest absolute Gasteiger partial charge is 0.481 e. The average Bonchev–Trinajstić information content (AvgIpc) is 3.18. The third kappa shape index (κ3) is 4.80. The summed E-state index contributed by atoms with van der Waals surface area (Å²) in [7, 11) is 0. The van der Waals surface area contributed by atoms with Gasteiger partial charge in [-0.2, -0.15) is 0 Å². The van der Waals surface area contributed by atoms with E-state index in [-0.39, 0.29) is 24.7 Å². The van der Waals surface area contributed by atoms with Gasteiger partial charge in [0, 0.05) is 19.1 Å². The highest BCUT2D eigenvalue weighted by Crippen LogP contribution is 2.51. The van der Waals surface area contributed by atoms with Gasteiger partial charge in [0.05, 0.1) is 18.9 Å². The molecule has 0 bridgehead atoms. The van der Waals surface area contributed by atoms with Gasteiger partial charge in [-0.15, -0.1) is 0 Å². The molecule has 2 atom stereocenters. The lowest BCUT2D eigenvalue weighted by molar-refractivity contribution is 0.186. The number of anilines is 1. The SMILES string of the molecule is CC(O)c1ccc(OCC#Cc2cnc(N3CCC4(CC3)Cc3ccccc3[C@H]4N)c(CO)n2)cc1. The van der Waals surface area contributed by atoms with Crippen molar-refractivity contribution in [3.63, 3.8) is 0 Å². The fourth-order valence-electron chi connectivity index (χ4n) is 5.41. The van der Waals surface area contributed by atoms with Crippen LogP contribution in [0.3, 0.4) is 0 Å². The van der Waals surface area contributed by atoms with Crippen LogP contribution in [-0.4, -0.2) is 39.9 Å². The number of piperidine rings is 1. The first-order valence-electron chi connectivity index (χ1n) is 12.4. The molecule has 0 amide bonds. The zero-order valence-corrected chi connectivity index (χ0v) is 20.5. The van der Waals surface area contributed by atoms with Gasteiger partial charge in [0.1, 0.15) is 23.7 Å². The summed E-state index contributed by atoms with van der Waals surface area (Å²) < 4.78 is 5.64. The molecule has 1 aliphatic carbocycles. The van der Waals surface area contributed by atoms with Crippen LogP contribution >= 0.6 is 0 Å². The van der Waals surface area contributed by atoms with Gasteiger partial charge in [0.2, 0.25) is 0 Å². The van der Waals surface area contributed by atoms with E-state index in [9.17, 15) is 10.2 Å². The number of fused-ring (bicyclic) bond motifs is 1. The summed E-state index contributed by atoms with van der Waals surface area (Å²) >= 11 is 0. The molecule has 1 unspecified atom stereocenters. The Bertz CT molecular complexity index is 1270. The molecule has 1 saturated heterocycles. The van der Waals surface area contributed by atoms with Crippen LogP contribution in [0.2, 0.25) is 0 Å². The Morgan fingerprint density at radius 3 is 2.61 bits per heavy atom. The van der Waals surface area contributed by atoms with E-state index in [2.05, 4.69) is 51.0 Å². The van der Waals surface area contributed by atoms with Crippen LogP contribution < -0.4 is 15.4 Å². The summed E-state index contributed by atoms with van der Waals surface area (Å²) in [5, 5.41) is 19.6. The van der Waals surface area contributed by atoms with Crippen molar-refractivity contribution in [2.24, 2.45) is 11.1 Å². The first-order chi connectivity index (χ1) is 17.5. The van der Waals surface area contributed by atoms with Crippen LogP contribution in [0.25, 0.3) is 0 Å². The smallest absolute Gasteiger partial charge is 0.152 e. The lowest BCUT2D eigenvalue weighted by Gasteiger charge is -2.42. The average molecular weight is 485 g/mol. The summed E-state index contributed by atoms with van der Waals surface area (Å²) in [5.74, 6) is 7.32. The quantitative estimate of drug-likeness (QED) is 0.477. The normalized spacial score (nSPS) is 18.9. The van der Waals surface area contributed by atoms with E-state index >= 15 is 0 Å². The maximum atomic E-state index is 9.98. The molecule has 1 spiro atoms. The summed E-state index contributed by atoms with van der Waals surface area (Å²) in [6.07, 6.45) is 4.13. The molecule has 0 saturated carbocycles. The van der Waals surface area contributed by atoms with Crippen molar-refractivity contribution < 1.29 is 14.9 Å². The number of nitrogens with two attached hydrogens (primary N) is 1. The van der Waals surface area contributed by atoms with E-state index in [4.69, 9.17) is 10.5 Å². The van der Waals surface area contributed by atoms with Crippen LogP contribution in [0.1, 0.15) is 60.0 Å². The first kappa shape index (κ1) is 24.3. The Morgan fingerprint density at radius 2 is 1.92 bits per heavy atom. The van der Waals surface area contributed by atoms with Gasteiger partial charge in [0.15, 0.2) is 5.82 Å². The van der Waals surface area contributed by atoms with Crippen molar-refractivity contribution in [1.82, 2.24) is 9.97 Å². The minimum Gasteiger partial charge on any atom is -0.481 e. The van der Waals surface area contributed by atoms with Crippen LogP contribution in [0, 0.1) is 17.3 Å². The van der Waals surface area contributed by atoms with Crippen molar-refractivity contribution in [2.45, 2.75) is 44.9 Å². The standard InChI is InChI=1S/C29H32N4O3/c1-20(35)21-8-10-24(11-9-21)36-16-4-6-23-18-31-28(26(19-34)32-23)33-14-12-29(13-15-33)17-22-5-2-3-7-25(22)27(29)30/h2-3,5,7-11,18,20,27,34-35H,12-17,19,30H2,1H3/t20?,27-/m1/s1. The molecule has 0 radical (unpaired) electrons. The number of ether oxygens (including phenoxy) is 1. The molecule has 7 heteroatoms. The van der Waals surface area contributed by atoms with E-state index in [0.717, 1.165) is 43.7 Å². The summed E-state index contributed by atoms with van der Waals surface area (Å²) in [5.41, 5.74) is 11.3. The molecule has 1 aliphatic heterocycles. The maximum absolute atomic E-state index is 9.98. The fraction of sp³-hybridized carbons (Fsp3) is 0.379. The molecule has 5 rings (SSSR count). The number of nitrogens with zero attached hydrogens (tertiary/aromatic N) is 3. The number of hydrogen-bond acceptors (Lipinski definition) is 7. The van der Waals surface area contributed by atoms with E-state index < -0.39 is 6.10 Å². The Kier molecular flexibility index (Phi) is 6.92. The number of aromatic nitrogens is 2. The molecule has 2 aromatic carbocycles. The van der Waals surface area contributed by atoms with Crippen molar-refractivity contribution in [3.8, 4) is 17.6 Å². The van der Waals surface area contributed by atoms with Gasteiger partial charge in [-0.05, 0) is 66.3 Å². The molecule has 3 aromatic rings. The molecular formula is C29H32N4O3. The summed E-state index contributed by atoms with van der Waals surface area (Å²) in [4.78, 5) is 11.4. The molecule has 2 aliphatic rings. The number of rotatable bonds is 5. The van der Waals surface area contributed by atoms with Crippen LogP contribution in [0.5, 0.6) is 5.75 Å². The van der Waals surface area contributed by atoms with E-state index in [1.807, 2.05) is 24.3 Å². The monoisotopic (exact) mass is 484 g/mol. The van der Waals surface area contributed by atoms with Crippen molar-refractivity contribution in [1.29, 1.82) is 0 Å². The third-order valence-corrected chi connectivity index (χ3v) is 7.51. The third-order valence-electron chi connectivity index (χ3n) is 7.51. The molecular weight excluding hydrogens is 452 g/mol. The second kappa shape index (κ2) is 10.3. The molecule has 186 valence electrons. The molecule has 2 heterocycles. The second-order valence-corrected chi connectivity index (χ2v) is 9.72. The van der Waals surface area contributed by atoms with Gasteiger partial charge in [-0.25, -0.2) is 9.97 Å². The van der Waals surface area contributed by atoms with E-state index in [1.165, 1.54) is 11.1 Å². The second-order valence-electron chi connectivity index (χ2n) is 9.72. The van der Waals surface area contributed by atoms with Gasteiger partial charge in [-0.3, -0.25) is 0 Å². The number of hydrogen-bond donors (Lipinski definition) is 3.